The molecule has 3 amide bonds. The molecule has 0 bridgehead atoms. The van der Waals surface area contributed by atoms with Crippen molar-refractivity contribution in [2.24, 2.45) is 0 Å². The van der Waals surface area contributed by atoms with Crippen molar-refractivity contribution in [1.82, 2.24) is 15.1 Å². The lowest BCUT2D eigenvalue weighted by Crippen LogP contribution is -2.68. The third-order valence-corrected chi connectivity index (χ3v) is 8.38. The molecule has 0 radical (unpaired) electrons. The quantitative estimate of drug-likeness (QED) is 0.115. The van der Waals surface area contributed by atoms with E-state index in [1.54, 1.807) is 6.07 Å². The standard InChI is InChI=1S/C25H30B3FN4O8/c26-22(7-6-18(34)30-21(22)36)33-20(35)14-2-1-3-17(19(14)25(33,39)40)31-24(37,38)15-5-4-13(12-16(15)29)23(27,28)32-8-10-41-11-9-32/h1-5,12,31,37-40H,6-11,26-28H2,(H,30,34,36). The Morgan fingerprint density at radius 3 is 2.39 bits per heavy atom. The van der Waals surface area contributed by atoms with Crippen LogP contribution in [0.2, 0.25) is 0 Å². The van der Waals surface area contributed by atoms with Crippen molar-refractivity contribution in [3.05, 3.63) is 64.5 Å². The number of anilines is 1. The summed E-state index contributed by atoms with van der Waals surface area (Å²) in [5.41, 5.74) is -2.76. The number of benzene rings is 2. The lowest BCUT2D eigenvalue weighted by Gasteiger charge is -2.44. The first-order valence-electron chi connectivity index (χ1n) is 13.2. The number of piperidine rings is 1. The number of carbonyl (C=O) groups excluding carboxylic acids is 3. The molecule has 214 valence electrons. The monoisotopic (exact) mass is 566 g/mol. The highest BCUT2D eigenvalue weighted by Crippen LogP contribution is 2.45. The number of halogens is 1. The highest BCUT2D eigenvalue weighted by Gasteiger charge is 2.60. The van der Waals surface area contributed by atoms with Crippen molar-refractivity contribution in [1.29, 1.82) is 0 Å². The van der Waals surface area contributed by atoms with Gasteiger partial charge in [0.15, 0.2) is 0 Å². The summed E-state index contributed by atoms with van der Waals surface area (Å²) >= 11 is 0. The van der Waals surface area contributed by atoms with Gasteiger partial charge in [0.2, 0.25) is 11.8 Å². The average Bonchev–Trinajstić information content (AvgIpc) is 3.12. The molecule has 6 N–H and O–H groups in total. The van der Waals surface area contributed by atoms with Crippen molar-refractivity contribution in [3.8, 4) is 0 Å². The van der Waals surface area contributed by atoms with Crippen LogP contribution in [0.3, 0.4) is 0 Å². The molecule has 0 aromatic heterocycles. The van der Waals surface area contributed by atoms with Gasteiger partial charge in [0, 0.05) is 25.2 Å². The summed E-state index contributed by atoms with van der Waals surface area (Å²) in [7, 11) is 5.15. The van der Waals surface area contributed by atoms with Gasteiger partial charge in [-0.15, -0.1) is 0 Å². The van der Waals surface area contributed by atoms with E-state index in [4.69, 9.17) is 4.74 Å². The first-order chi connectivity index (χ1) is 19.1. The summed E-state index contributed by atoms with van der Waals surface area (Å²) in [6.07, 6.45) is -0.317. The van der Waals surface area contributed by atoms with Crippen LogP contribution >= 0.6 is 0 Å². The molecule has 5 rings (SSSR count). The zero-order chi connectivity index (χ0) is 30.0. The van der Waals surface area contributed by atoms with E-state index in [9.17, 15) is 34.8 Å². The maximum Gasteiger partial charge on any atom is 0.280 e. The molecule has 3 aliphatic heterocycles. The molecule has 2 aromatic carbocycles. The molecule has 0 aliphatic carbocycles. The normalized spacial score (nSPS) is 23.3. The minimum absolute atomic E-state index is 0.141. The minimum Gasteiger partial charge on any atom is -0.379 e. The molecule has 0 saturated carbocycles. The van der Waals surface area contributed by atoms with Gasteiger partial charge in [-0.25, -0.2) is 4.39 Å². The Labute approximate surface area is 237 Å². The predicted octanol–water partition coefficient (Wildman–Crippen LogP) is -3.94. The van der Waals surface area contributed by atoms with Gasteiger partial charge in [0.05, 0.1) is 35.3 Å². The van der Waals surface area contributed by atoms with E-state index >= 15 is 4.39 Å². The number of fused-ring (bicyclic) bond motifs is 1. The first kappa shape index (κ1) is 29.2. The first-order valence-corrected chi connectivity index (χ1v) is 13.2. The van der Waals surface area contributed by atoms with E-state index in [2.05, 4.69) is 15.5 Å². The molecular formula is C25H30B3FN4O8. The number of carbonyl (C=O) groups is 3. The summed E-state index contributed by atoms with van der Waals surface area (Å²) in [5.74, 6) is -9.45. The summed E-state index contributed by atoms with van der Waals surface area (Å²) in [6.45, 7) is 2.39. The van der Waals surface area contributed by atoms with Crippen molar-refractivity contribution in [2.45, 2.75) is 35.4 Å². The second-order valence-corrected chi connectivity index (χ2v) is 11.3. The van der Waals surface area contributed by atoms with Gasteiger partial charge in [-0.1, -0.05) is 12.1 Å². The number of aliphatic hydroxyl groups is 4. The van der Waals surface area contributed by atoms with E-state index in [-0.39, 0.29) is 24.1 Å². The third kappa shape index (κ3) is 4.74. The van der Waals surface area contributed by atoms with Crippen LogP contribution in [0.25, 0.3) is 0 Å². The fourth-order valence-corrected chi connectivity index (χ4v) is 5.88. The Kier molecular flexibility index (Phi) is 7.08. The maximum absolute atomic E-state index is 15.4. The Morgan fingerprint density at radius 1 is 1.07 bits per heavy atom. The van der Waals surface area contributed by atoms with Crippen LogP contribution in [-0.4, -0.2) is 103 Å². The highest BCUT2D eigenvalue weighted by atomic mass is 19.1. The van der Waals surface area contributed by atoms with Gasteiger partial charge < -0.3 is 35.4 Å². The van der Waals surface area contributed by atoms with Crippen LogP contribution in [0.1, 0.15) is 39.9 Å². The van der Waals surface area contributed by atoms with E-state index in [0.29, 0.717) is 36.8 Å². The molecule has 1 atom stereocenters. The SMILES string of the molecule is BC1(N2C(=O)c3cccc(NC(O)(O)c4ccc(C(B)(B)N5CCOCC5)cc4F)c3C2(O)O)CCC(=O)NC1=O. The summed E-state index contributed by atoms with van der Waals surface area (Å²) in [5, 5.41) is 48.3. The zero-order valence-corrected chi connectivity index (χ0v) is 22.9. The zero-order valence-electron chi connectivity index (χ0n) is 22.9. The lowest BCUT2D eigenvalue weighted by atomic mass is 9.56. The Hall–Kier alpha value is -3.27. The number of imide groups is 1. The van der Waals surface area contributed by atoms with Gasteiger partial charge in [0.25, 0.3) is 17.7 Å². The summed E-state index contributed by atoms with van der Waals surface area (Å²) < 4.78 is 20.8. The van der Waals surface area contributed by atoms with Crippen LogP contribution in [0.5, 0.6) is 0 Å². The number of hydrogen-bond acceptors (Lipinski definition) is 10. The molecule has 3 aliphatic rings. The maximum atomic E-state index is 15.4. The van der Waals surface area contributed by atoms with Crippen molar-refractivity contribution >= 4 is 46.9 Å². The molecule has 2 aromatic rings. The number of amides is 3. The van der Waals surface area contributed by atoms with Crippen LogP contribution in [0.15, 0.2) is 36.4 Å². The van der Waals surface area contributed by atoms with Gasteiger partial charge >= 0.3 is 0 Å². The van der Waals surface area contributed by atoms with Crippen LogP contribution in [0.4, 0.5) is 10.1 Å². The Morgan fingerprint density at radius 2 is 1.76 bits per heavy atom. The lowest BCUT2D eigenvalue weighted by molar-refractivity contribution is -0.264. The molecular weight excluding hydrogens is 536 g/mol. The number of morpholine rings is 1. The third-order valence-electron chi connectivity index (χ3n) is 8.38. The van der Waals surface area contributed by atoms with Gasteiger partial charge in [-0.3, -0.25) is 24.6 Å². The average molecular weight is 566 g/mol. The fraction of sp³-hybridized carbons (Fsp3) is 0.400. The molecule has 2 saturated heterocycles. The van der Waals surface area contributed by atoms with Gasteiger partial charge in [-0.2, -0.15) is 0 Å². The van der Waals surface area contributed by atoms with E-state index in [1.807, 2.05) is 15.7 Å². The van der Waals surface area contributed by atoms with E-state index in [0.717, 1.165) is 0 Å². The van der Waals surface area contributed by atoms with Gasteiger partial charge in [0.1, 0.15) is 29.4 Å². The van der Waals surface area contributed by atoms with Crippen molar-refractivity contribution < 1.29 is 43.9 Å². The number of hydrogen-bond donors (Lipinski definition) is 6. The van der Waals surface area contributed by atoms with Crippen molar-refractivity contribution in [3.63, 3.8) is 0 Å². The minimum atomic E-state index is -3.09. The van der Waals surface area contributed by atoms with Crippen LogP contribution in [0, 0.1) is 5.82 Å². The number of ether oxygens (including phenoxy) is 1. The fourth-order valence-electron chi connectivity index (χ4n) is 5.88. The van der Waals surface area contributed by atoms with Gasteiger partial charge in [-0.05, 0) is 41.6 Å². The molecule has 3 heterocycles. The second-order valence-electron chi connectivity index (χ2n) is 11.3. The molecule has 12 nitrogen and oxygen atoms in total. The largest absolute Gasteiger partial charge is 0.379 e. The van der Waals surface area contributed by atoms with Crippen LogP contribution in [-0.2, 0) is 31.5 Å². The number of nitrogens with zero attached hydrogens (tertiary/aromatic N) is 2. The second kappa shape index (κ2) is 9.93. The summed E-state index contributed by atoms with van der Waals surface area (Å²) in [4.78, 5) is 40.5. The van der Waals surface area contributed by atoms with E-state index in [1.165, 1.54) is 38.2 Å². The highest BCUT2D eigenvalue weighted by molar-refractivity contribution is 6.39. The molecule has 2 fully saturated rings. The predicted molar refractivity (Wildman–Crippen MR) is 150 cm³/mol. The smallest absolute Gasteiger partial charge is 0.280 e. The molecule has 16 heteroatoms. The molecule has 0 spiro atoms. The topological polar surface area (TPSA) is 172 Å². The number of nitrogens with one attached hydrogen (secondary N) is 2. The Balaban J connectivity index is 1.47. The van der Waals surface area contributed by atoms with Crippen LogP contribution < -0.4 is 10.6 Å². The van der Waals surface area contributed by atoms with E-state index < -0.39 is 57.3 Å². The number of rotatable bonds is 6. The Bertz CT molecular complexity index is 1440. The summed E-state index contributed by atoms with van der Waals surface area (Å²) in [6, 6.07) is 7.88. The molecule has 41 heavy (non-hydrogen) atoms. The van der Waals surface area contributed by atoms with Crippen molar-refractivity contribution in [2.75, 3.05) is 31.6 Å². The molecule has 1 unspecified atom stereocenters.